The molecule has 2 rings (SSSR count). The quantitative estimate of drug-likeness (QED) is 0.682. The normalized spacial score (nSPS) is 21.4. The predicted octanol–water partition coefficient (Wildman–Crippen LogP) is 3.61. The number of amides is 1. The molecule has 1 aromatic rings. The fourth-order valence-corrected chi connectivity index (χ4v) is 3.08. The van der Waals surface area contributed by atoms with Crippen molar-refractivity contribution in [3.8, 4) is 11.8 Å². The number of nitriles is 1. The molecule has 0 unspecified atom stereocenters. The average Bonchev–Trinajstić information content (AvgIpc) is 2.54. The number of methoxy groups -OCH3 is 1. The molecule has 1 fully saturated rings. The molecule has 2 atom stereocenters. The van der Waals surface area contributed by atoms with Crippen molar-refractivity contribution in [2.75, 3.05) is 7.11 Å². The number of benzene rings is 1. The molecule has 0 aromatic heterocycles. The lowest BCUT2D eigenvalue weighted by molar-refractivity contribution is -0.118. The monoisotopic (exact) mass is 312 g/mol. The molecule has 4 heteroatoms. The van der Waals surface area contributed by atoms with E-state index in [1.807, 2.05) is 31.2 Å². The highest BCUT2D eigenvalue weighted by Gasteiger charge is 2.24. The summed E-state index contributed by atoms with van der Waals surface area (Å²) < 4.78 is 5.23. The van der Waals surface area contributed by atoms with Gasteiger partial charge in [-0.05, 0) is 55.0 Å². The van der Waals surface area contributed by atoms with Gasteiger partial charge in [0.05, 0.1) is 7.11 Å². The van der Waals surface area contributed by atoms with Crippen molar-refractivity contribution in [3.05, 3.63) is 34.9 Å². The minimum absolute atomic E-state index is 0.146. The Kier molecular flexibility index (Phi) is 5.81. The Morgan fingerprint density at radius 3 is 2.74 bits per heavy atom. The molecule has 1 saturated carbocycles. The maximum Gasteiger partial charge on any atom is 0.262 e. The summed E-state index contributed by atoms with van der Waals surface area (Å²) in [5.41, 5.74) is 1.94. The molecule has 23 heavy (non-hydrogen) atoms. The van der Waals surface area contributed by atoms with Gasteiger partial charge in [0, 0.05) is 6.04 Å². The van der Waals surface area contributed by atoms with E-state index >= 15 is 0 Å². The molecule has 0 heterocycles. The lowest BCUT2D eigenvalue weighted by Crippen LogP contribution is -2.41. The second-order valence-electron chi connectivity index (χ2n) is 6.24. The van der Waals surface area contributed by atoms with Crippen LogP contribution in [-0.2, 0) is 4.79 Å². The van der Waals surface area contributed by atoms with Gasteiger partial charge in [-0.15, -0.1) is 0 Å². The topological polar surface area (TPSA) is 62.1 Å². The summed E-state index contributed by atoms with van der Waals surface area (Å²) >= 11 is 0. The van der Waals surface area contributed by atoms with Gasteiger partial charge in [-0.25, -0.2) is 0 Å². The molecular weight excluding hydrogens is 288 g/mol. The highest BCUT2D eigenvalue weighted by molar-refractivity contribution is 6.01. The number of aryl methyl sites for hydroxylation is 1. The van der Waals surface area contributed by atoms with Gasteiger partial charge in [-0.1, -0.05) is 25.8 Å². The van der Waals surface area contributed by atoms with Gasteiger partial charge >= 0.3 is 0 Å². The van der Waals surface area contributed by atoms with Crippen molar-refractivity contribution < 1.29 is 9.53 Å². The first-order valence-corrected chi connectivity index (χ1v) is 8.12. The van der Waals surface area contributed by atoms with Crippen molar-refractivity contribution in [1.29, 1.82) is 5.26 Å². The van der Waals surface area contributed by atoms with E-state index in [1.54, 1.807) is 13.2 Å². The Bertz CT molecular complexity index is 643. The largest absolute Gasteiger partial charge is 0.496 e. The van der Waals surface area contributed by atoms with E-state index in [4.69, 9.17) is 4.74 Å². The number of nitrogens with zero attached hydrogens (tertiary/aromatic N) is 1. The number of nitrogens with one attached hydrogen (secondary N) is 1. The zero-order valence-electron chi connectivity index (χ0n) is 14.1. The summed E-state index contributed by atoms with van der Waals surface area (Å²) in [5.74, 6) is 0.983. The molecule has 1 aliphatic rings. The number of ether oxygens (including phenoxy) is 1. The summed E-state index contributed by atoms with van der Waals surface area (Å²) in [6.07, 6.45) is 6.12. The number of carbonyl (C=O) groups is 1. The summed E-state index contributed by atoms with van der Waals surface area (Å²) in [6, 6.07) is 7.79. The molecule has 0 aliphatic heterocycles. The third-order valence-corrected chi connectivity index (χ3v) is 4.52. The van der Waals surface area contributed by atoms with E-state index in [0.29, 0.717) is 5.92 Å². The van der Waals surface area contributed by atoms with E-state index in [9.17, 15) is 10.1 Å². The zero-order valence-corrected chi connectivity index (χ0v) is 14.1. The van der Waals surface area contributed by atoms with E-state index in [0.717, 1.165) is 36.1 Å². The SMILES string of the molecule is COc1ccc(/C=C(\C#N)C(=O)N[C@H]2CCCC[C@H]2C)cc1C. The van der Waals surface area contributed by atoms with Gasteiger partial charge in [0.15, 0.2) is 0 Å². The first kappa shape index (κ1) is 17.1. The summed E-state index contributed by atoms with van der Waals surface area (Å²) in [5, 5.41) is 12.3. The fourth-order valence-electron chi connectivity index (χ4n) is 3.08. The van der Waals surface area contributed by atoms with Crippen LogP contribution in [0.25, 0.3) is 6.08 Å². The molecule has 1 amide bonds. The summed E-state index contributed by atoms with van der Waals surface area (Å²) in [6.45, 7) is 4.10. The number of hydrogen-bond acceptors (Lipinski definition) is 3. The van der Waals surface area contributed by atoms with Crippen LogP contribution in [0.3, 0.4) is 0 Å². The second-order valence-corrected chi connectivity index (χ2v) is 6.24. The number of rotatable bonds is 4. The molecule has 1 N–H and O–H groups in total. The van der Waals surface area contributed by atoms with E-state index in [2.05, 4.69) is 12.2 Å². The van der Waals surface area contributed by atoms with Gasteiger partial charge in [-0.2, -0.15) is 5.26 Å². The van der Waals surface area contributed by atoms with Crippen LogP contribution in [0.4, 0.5) is 0 Å². The van der Waals surface area contributed by atoms with Crippen LogP contribution in [0.1, 0.15) is 43.7 Å². The van der Waals surface area contributed by atoms with Gasteiger partial charge in [0.25, 0.3) is 5.91 Å². The maximum absolute atomic E-state index is 12.4. The van der Waals surface area contributed by atoms with Crippen molar-refractivity contribution in [2.24, 2.45) is 5.92 Å². The molecular formula is C19H24N2O2. The third kappa shape index (κ3) is 4.35. The van der Waals surface area contributed by atoms with E-state index in [-0.39, 0.29) is 17.5 Å². The molecule has 1 aliphatic carbocycles. The van der Waals surface area contributed by atoms with Crippen LogP contribution in [0.15, 0.2) is 23.8 Å². The minimum atomic E-state index is -0.278. The number of carbonyl (C=O) groups excluding carboxylic acids is 1. The summed E-state index contributed by atoms with van der Waals surface area (Å²) in [4.78, 5) is 12.4. The smallest absolute Gasteiger partial charge is 0.262 e. The first-order chi connectivity index (χ1) is 11.0. The number of hydrogen-bond donors (Lipinski definition) is 1. The zero-order chi connectivity index (χ0) is 16.8. The molecule has 4 nitrogen and oxygen atoms in total. The van der Waals surface area contributed by atoms with Gasteiger partial charge in [0.2, 0.25) is 0 Å². The molecule has 0 bridgehead atoms. The Balaban J connectivity index is 2.13. The van der Waals surface area contributed by atoms with Crippen molar-refractivity contribution >= 4 is 12.0 Å². The molecule has 0 radical (unpaired) electrons. The highest BCUT2D eigenvalue weighted by atomic mass is 16.5. The molecule has 122 valence electrons. The van der Waals surface area contributed by atoms with Gasteiger partial charge < -0.3 is 10.1 Å². The lowest BCUT2D eigenvalue weighted by atomic mass is 9.86. The summed E-state index contributed by atoms with van der Waals surface area (Å²) in [7, 11) is 1.62. The second kappa shape index (κ2) is 7.82. The Morgan fingerprint density at radius 1 is 1.39 bits per heavy atom. The van der Waals surface area contributed by atoms with Crippen molar-refractivity contribution in [2.45, 2.75) is 45.6 Å². The fraction of sp³-hybridized carbons (Fsp3) is 0.474. The molecule has 0 spiro atoms. The average molecular weight is 312 g/mol. The van der Waals surface area contributed by atoms with Crippen LogP contribution in [-0.4, -0.2) is 19.1 Å². The third-order valence-electron chi connectivity index (χ3n) is 4.52. The van der Waals surface area contributed by atoms with Crippen molar-refractivity contribution in [1.82, 2.24) is 5.32 Å². The Morgan fingerprint density at radius 2 is 2.13 bits per heavy atom. The molecule has 0 saturated heterocycles. The van der Waals surface area contributed by atoms with E-state index < -0.39 is 0 Å². The van der Waals surface area contributed by atoms with E-state index in [1.165, 1.54) is 6.42 Å². The minimum Gasteiger partial charge on any atom is -0.496 e. The van der Waals surface area contributed by atoms with Crippen molar-refractivity contribution in [3.63, 3.8) is 0 Å². The highest BCUT2D eigenvalue weighted by Crippen LogP contribution is 2.24. The lowest BCUT2D eigenvalue weighted by Gasteiger charge is -2.29. The van der Waals surface area contributed by atoms with Gasteiger partial charge in [-0.3, -0.25) is 4.79 Å². The van der Waals surface area contributed by atoms with Crippen LogP contribution in [0.5, 0.6) is 5.75 Å². The predicted molar refractivity (Wildman–Crippen MR) is 90.9 cm³/mol. The maximum atomic E-state index is 12.4. The Labute approximate surface area is 138 Å². The molecule has 1 aromatic carbocycles. The standard InChI is InChI=1S/C19H24N2O2/c1-13-6-4-5-7-17(13)21-19(22)16(12-20)11-15-8-9-18(23-3)14(2)10-15/h8-11,13,17H,4-7H2,1-3H3,(H,21,22)/b16-11+/t13-,17+/m1/s1. The Hall–Kier alpha value is -2.28. The van der Waals surface area contributed by atoms with Crippen LogP contribution < -0.4 is 10.1 Å². The van der Waals surface area contributed by atoms with Crippen LogP contribution in [0, 0.1) is 24.2 Å². The van der Waals surface area contributed by atoms with Crippen LogP contribution in [0.2, 0.25) is 0 Å². The van der Waals surface area contributed by atoms with Gasteiger partial charge in [0.1, 0.15) is 17.4 Å². The van der Waals surface area contributed by atoms with Crippen LogP contribution >= 0.6 is 0 Å². The first-order valence-electron chi connectivity index (χ1n) is 8.12.